The number of anilines is 1. The summed E-state index contributed by atoms with van der Waals surface area (Å²) in [7, 11) is 0. The number of hydrogen-bond donors (Lipinski definition) is 2. The Morgan fingerprint density at radius 3 is 2.52 bits per heavy atom. The normalized spacial score (nSPS) is 21.3. The van der Waals surface area contributed by atoms with Crippen LogP contribution in [-0.4, -0.2) is 28.3 Å². The number of nitrogens with zero attached hydrogens (tertiary/aromatic N) is 1. The molecule has 0 unspecified atom stereocenters. The van der Waals surface area contributed by atoms with Crippen LogP contribution in [0.3, 0.4) is 0 Å². The van der Waals surface area contributed by atoms with E-state index in [0.29, 0.717) is 16.3 Å². The first-order valence-electron chi connectivity index (χ1n) is 9.58. The molecule has 6 nitrogen and oxygen atoms in total. The Morgan fingerprint density at radius 1 is 1.21 bits per heavy atom. The van der Waals surface area contributed by atoms with Crippen molar-refractivity contribution in [2.75, 3.05) is 5.32 Å². The predicted octanol–water partition coefficient (Wildman–Crippen LogP) is 4.12. The van der Waals surface area contributed by atoms with Crippen LogP contribution in [0.1, 0.15) is 41.3 Å². The van der Waals surface area contributed by atoms with Gasteiger partial charge in [0.2, 0.25) is 0 Å². The fourth-order valence-electron chi connectivity index (χ4n) is 3.67. The van der Waals surface area contributed by atoms with E-state index in [1.165, 1.54) is 4.90 Å². The predicted molar refractivity (Wildman–Crippen MR) is 111 cm³/mol. The summed E-state index contributed by atoms with van der Waals surface area (Å²) in [5, 5.41) is 6.32. The molecule has 2 fully saturated rings. The molecule has 4 amide bonds. The van der Waals surface area contributed by atoms with Crippen LogP contribution in [0.5, 0.6) is 0 Å². The molecular weight excluding hydrogens is 390 g/mol. The van der Waals surface area contributed by atoms with Gasteiger partial charge >= 0.3 is 6.03 Å². The lowest BCUT2D eigenvalue weighted by atomic mass is 9.96. The molecule has 7 heteroatoms. The van der Waals surface area contributed by atoms with Crippen molar-refractivity contribution in [2.24, 2.45) is 5.92 Å². The van der Waals surface area contributed by atoms with Gasteiger partial charge in [-0.2, -0.15) is 0 Å². The van der Waals surface area contributed by atoms with E-state index in [1.54, 1.807) is 43.3 Å². The Labute approximate surface area is 174 Å². The maximum Gasteiger partial charge on any atom is 0.325 e. The van der Waals surface area contributed by atoms with Crippen LogP contribution in [0, 0.1) is 12.8 Å². The number of nitrogens with one attached hydrogen (secondary N) is 2. The minimum absolute atomic E-state index is 0.176. The van der Waals surface area contributed by atoms with E-state index in [4.69, 9.17) is 11.6 Å². The summed E-state index contributed by atoms with van der Waals surface area (Å²) in [6, 6.07) is 11.8. The van der Waals surface area contributed by atoms with Gasteiger partial charge in [-0.15, -0.1) is 0 Å². The highest BCUT2D eigenvalue weighted by molar-refractivity contribution is 6.31. The van der Waals surface area contributed by atoms with E-state index >= 15 is 0 Å². The van der Waals surface area contributed by atoms with Crippen molar-refractivity contribution >= 4 is 35.1 Å². The minimum Gasteiger partial charge on any atom is -0.323 e. The molecule has 0 spiro atoms. The van der Waals surface area contributed by atoms with Gasteiger partial charge in [-0.1, -0.05) is 23.7 Å². The third-order valence-corrected chi connectivity index (χ3v) is 6.09. The molecule has 1 saturated carbocycles. The Morgan fingerprint density at radius 2 is 1.90 bits per heavy atom. The highest BCUT2D eigenvalue weighted by atomic mass is 35.5. The van der Waals surface area contributed by atoms with Gasteiger partial charge in [0, 0.05) is 16.3 Å². The number of carbonyl (C=O) groups excluding carboxylic acids is 3. The van der Waals surface area contributed by atoms with Gasteiger partial charge in [0.1, 0.15) is 5.54 Å². The first kappa shape index (κ1) is 19.5. The molecule has 2 aromatic rings. The average molecular weight is 412 g/mol. The molecule has 1 aliphatic carbocycles. The summed E-state index contributed by atoms with van der Waals surface area (Å²) in [6.07, 6.45) is 1.93. The molecule has 0 aromatic heterocycles. The zero-order chi connectivity index (χ0) is 20.8. The summed E-state index contributed by atoms with van der Waals surface area (Å²) in [5.74, 6) is -0.189. The zero-order valence-electron chi connectivity index (χ0n) is 16.3. The lowest BCUT2D eigenvalue weighted by Gasteiger charge is -2.21. The number of rotatable bonds is 5. The highest BCUT2D eigenvalue weighted by Gasteiger charge is 2.55. The second kappa shape index (κ2) is 7.19. The second-order valence-electron chi connectivity index (χ2n) is 7.91. The van der Waals surface area contributed by atoms with Gasteiger partial charge in [-0.25, -0.2) is 4.79 Å². The lowest BCUT2D eigenvalue weighted by molar-refractivity contribution is -0.131. The fourth-order valence-corrected chi connectivity index (χ4v) is 3.78. The molecule has 2 aliphatic rings. The van der Waals surface area contributed by atoms with E-state index in [1.807, 2.05) is 13.0 Å². The Kier molecular flexibility index (Phi) is 4.82. The fraction of sp³-hybridized carbons (Fsp3) is 0.318. The molecular formula is C22H22ClN3O3. The van der Waals surface area contributed by atoms with Gasteiger partial charge < -0.3 is 10.6 Å². The number of halogens is 1. The van der Waals surface area contributed by atoms with Gasteiger partial charge in [-0.3, -0.25) is 14.5 Å². The molecule has 0 bridgehead atoms. The molecule has 1 atom stereocenters. The zero-order valence-corrected chi connectivity index (χ0v) is 17.0. The number of hydrogen-bond acceptors (Lipinski definition) is 3. The molecule has 4 rings (SSSR count). The summed E-state index contributed by atoms with van der Waals surface area (Å²) in [4.78, 5) is 38.7. The quantitative estimate of drug-likeness (QED) is 0.726. The van der Waals surface area contributed by atoms with Crippen LogP contribution in [0.25, 0.3) is 0 Å². The van der Waals surface area contributed by atoms with Crippen LogP contribution in [-0.2, 0) is 11.3 Å². The molecule has 1 saturated heterocycles. The molecule has 2 aromatic carbocycles. The SMILES string of the molecule is Cc1cc(NC(=O)c2ccc(CN3C(=O)N[C@@](C)(C4CC4)C3=O)cc2)ccc1Cl. The van der Waals surface area contributed by atoms with Crippen molar-refractivity contribution in [2.45, 2.75) is 38.8 Å². The number of carbonyl (C=O) groups is 3. The summed E-state index contributed by atoms with van der Waals surface area (Å²) in [5.41, 5.74) is 2.04. The van der Waals surface area contributed by atoms with Crippen LogP contribution in [0.4, 0.5) is 10.5 Å². The number of amides is 4. The average Bonchev–Trinajstić information content (AvgIpc) is 3.51. The van der Waals surface area contributed by atoms with Gasteiger partial charge in [0.25, 0.3) is 11.8 Å². The topological polar surface area (TPSA) is 78.5 Å². The molecule has 1 heterocycles. The molecule has 150 valence electrons. The summed E-state index contributed by atoms with van der Waals surface area (Å²) < 4.78 is 0. The molecule has 1 aliphatic heterocycles. The van der Waals surface area contributed by atoms with Gasteiger partial charge in [0.05, 0.1) is 6.54 Å². The van der Waals surface area contributed by atoms with Gasteiger partial charge in [-0.05, 0) is 74.1 Å². The van der Waals surface area contributed by atoms with E-state index in [0.717, 1.165) is 24.0 Å². The number of urea groups is 1. The maximum absolute atomic E-state index is 12.7. The third-order valence-electron chi connectivity index (χ3n) is 5.67. The first-order valence-corrected chi connectivity index (χ1v) is 9.96. The minimum atomic E-state index is -0.784. The monoisotopic (exact) mass is 411 g/mol. The van der Waals surface area contributed by atoms with Crippen molar-refractivity contribution < 1.29 is 14.4 Å². The maximum atomic E-state index is 12.7. The van der Waals surface area contributed by atoms with Crippen LogP contribution >= 0.6 is 11.6 Å². The second-order valence-corrected chi connectivity index (χ2v) is 8.32. The first-order chi connectivity index (χ1) is 13.8. The van der Waals surface area contributed by atoms with Crippen LogP contribution < -0.4 is 10.6 Å². The summed E-state index contributed by atoms with van der Waals surface area (Å²) >= 11 is 6.01. The van der Waals surface area contributed by atoms with Crippen molar-refractivity contribution in [1.82, 2.24) is 10.2 Å². The van der Waals surface area contributed by atoms with Crippen LogP contribution in [0.15, 0.2) is 42.5 Å². The Balaban J connectivity index is 1.42. The largest absolute Gasteiger partial charge is 0.325 e. The van der Waals surface area contributed by atoms with Crippen molar-refractivity contribution in [3.05, 3.63) is 64.2 Å². The lowest BCUT2D eigenvalue weighted by Crippen LogP contribution is -2.46. The highest BCUT2D eigenvalue weighted by Crippen LogP contribution is 2.42. The number of imide groups is 1. The Bertz CT molecular complexity index is 1000. The summed E-state index contributed by atoms with van der Waals surface area (Å²) in [6.45, 7) is 3.86. The van der Waals surface area contributed by atoms with Crippen molar-refractivity contribution in [3.8, 4) is 0 Å². The molecule has 0 radical (unpaired) electrons. The van der Waals surface area contributed by atoms with E-state index in [2.05, 4.69) is 10.6 Å². The van der Waals surface area contributed by atoms with E-state index < -0.39 is 5.54 Å². The third kappa shape index (κ3) is 3.72. The standard InChI is InChI=1S/C22H22ClN3O3/c1-13-11-17(9-10-18(13)23)24-19(27)15-5-3-14(4-6-15)12-26-20(28)22(2,16-7-8-16)25-21(26)29/h3-6,9-11,16H,7-8,12H2,1-2H3,(H,24,27)(H,25,29)/t22-/m0/s1. The van der Waals surface area contributed by atoms with Crippen molar-refractivity contribution in [3.63, 3.8) is 0 Å². The van der Waals surface area contributed by atoms with E-state index in [9.17, 15) is 14.4 Å². The molecule has 29 heavy (non-hydrogen) atoms. The van der Waals surface area contributed by atoms with Gasteiger partial charge in [0.15, 0.2) is 0 Å². The van der Waals surface area contributed by atoms with Crippen LogP contribution in [0.2, 0.25) is 5.02 Å². The smallest absolute Gasteiger partial charge is 0.323 e. The number of aryl methyl sites for hydroxylation is 1. The van der Waals surface area contributed by atoms with E-state index in [-0.39, 0.29) is 30.3 Å². The van der Waals surface area contributed by atoms with Crippen molar-refractivity contribution in [1.29, 1.82) is 0 Å². The molecule has 2 N–H and O–H groups in total. The number of benzene rings is 2. The Hall–Kier alpha value is -2.86.